The van der Waals surface area contributed by atoms with Crippen molar-refractivity contribution in [2.24, 2.45) is 0 Å². The number of hydrogen-bond donors (Lipinski definition) is 0. The first-order valence-corrected chi connectivity index (χ1v) is 4.20. The van der Waals surface area contributed by atoms with Gasteiger partial charge in [0.05, 0.1) is 12.5 Å². The lowest BCUT2D eigenvalue weighted by Crippen LogP contribution is -1.98. The van der Waals surface area contributed by atoms with Crippen molar-refractivity contribution in [1.29, 1.82) is 5.26 Å². The summed E-state index contributed by atoms with van der Waals surface area (Å²) in [7, 11) is 0. The Kier molecular flexibility index (Phi) is 2.67. The van der Waals surface area contributed by atoms with E-state index < -0.39 is 0 Å². The van der Waals surface area contributed by atoms with Crippen molar-refractivity contribution in [3.05, 3.63) is 34.1 Å². The summed E-state index contributed by atoms with van der Waals surface area (Å²) in [4.78, 5) is 0. The van der Waals surface area contributed by atoms with E-state index in [4.69, 9.17) is 5.26 Å². The predicted molar refractivity (Wildman–Crippen MR) is 49.9 cm³/mol. The molecule has 2 heteroatoms. The molecule has 0 fully saturated rings. The molecule has 0 N–H and O–H groups in total. The lowest BCUT2D eigenvalue weighted by Gasteiger charge is -2.09. The van der Waals surface area contributed by atoms with Gasteiger partial charge in [-0.25, -0.2) is 4.39 Å². The van der Waals surface area contributed by atoms with E-state index >= 15 is 0 Å². The van der Waals surface area contributed by atoms with E-state index in [1.54, 1.807) is 19.9 Å². The maximum Gasteiger partial charge on any atom is 0.129 e. The fourth-order valence-corrected chi connectivity index (χ4v) is 1.55. The third-order valence-corrected chi connectivity index (χ3v) is 2.29. The maximum atomic E-state index is 13.4. The van der Waals surface area contributed by atoms with Crippen LogP contribution >= 0.6 is 0 Å². The molecule has 0 aromatic heterocycles. The summed E-state index contributed by atoms with van der Waals surface area (Å²) >= 11 is 0. The van der Waals surface area contributed by atoms with Gasteiger partial charge < -0.3 is 0 Å². The molecule has 0 amide bonds. The van der Waals surface area contributed by atoms with Crippen LogP contribution < -0.4 is 0 Å². The van der Waals surface area contributed by atoms with Crippen molar-refractivity contribution in [1.82, 2.24) is 0 Å². The molecule has 0 spiro atoms. The summed E-state index contributed by atoms with van der Waals surface area (Å²) in [6.07, 6.45) is 0.287. The monoisotopic (exact) mass is 177 g/mol. The van der Waals surface area contributed by atoms with E-state index in [0.717, 1.165) is 11.1 Å². The summed E-state index contributed by atoms with van der Waals surface area (Å²) in [6, 6.07) is 3.83. The highest BCUT2D eigenvalue weighted by Crippen LogP contribution is 2.20. The summed E-state index contributed by atoms with van der Waals surface area (Å²) in [5.41, 5.74) is 3.08. The summed E-state index contributed by atoms with van der Waals surface area (Å²) < 4.78 is 13.4. The van der Waals surface area contributed by atoms with Gasteiger partial charge in [0.15, 0.2) is 0 Å². The van der Waals surface area contributed by atoms with Crippen molar-refractivity contribution < 1.29 is 4.39 Å². The molecule has 0 aliphatic heterocycles. The number of halogens is 1. The molecular formula is C11H12FN. The molecule has 1 aromatic carbocycles. The fraction of sp³-hybridized carbons (Fsp3) is 0.364. The molecule has 0 bridgehead atoms. The van der Waals surface area contributed by atoms with Crippen molar-refractivity contribution in [3.8, 4) is 6.07 Å². The molecule has 1 rings (SSSR count). The topological polar surface area (TPSA) is 23.8 Å². The van der Waals surface area contributed by atoms with E-state index in [0.29, 0.717) is 11.1 Å². The largest absolute Gasteiger partial charge is 0.206 e. The fourth-order valence-electron chi connectivity index (χ4n) is 1.55. The van der Waals surface area contributed by atoms with Gasteiger partial charge in [0.25, 0.3) is 0 Å². The van der Waals surface area contributed by atoms with Gasteiger partial charge in [-0.05, 0) is 43.0 Å². The van der Waals surface area contributed by atoms with Crippen molar-refractivity contribution in [2.75, 3.05) is 0 Å². The molecule has 0 radical (unpaired) electrons. The van der Waals surface area contributed by atoms with E-state index in [1.807, 2.05) is 13.0 Å². The van der Waals surface area contributed by atoms with Crippen LogP contribution in [0.15, 0.2) is 6.07 Å². The van der Waals surface area contributed by atoms with Crippen LogP contribution in [0, 0.1) is 37.9 Å². The Bertz CT molecular complexity index is 375. The summed E-state index contributed by atoms with van der Waals surface area (Å²) in [5, 5.41) is 8.56. The lowest BCUT2D eigenvalue weighted by atomic mass is 9.97. The first kappa shape index (κ1) is 9.73. The number of hydrogen-bond acceptors (Lipinski definition) is 1. The second kappa shape index (κ2) is 3.57. The summed E-state index contributed by atoms with van der Waals surface area (Å²) in [5.74, 6) is -0.184. The standard InChI is InChI=1S/C11H12FN/c1-7-6-8(2)11(12)9(3)10(7)4-5-13/h6H,4H2,1-3H3. The zero-order valence-electron chi connectivity index (χ0n) is 8.11. The van der Waals surface area contributed by atoms with Gasteiger partial charge in [-0.1, -0.05) is 6.07 Å². The van der Waals surface area contributed by atoms with Gasteiger partial charge in [0, 0.05) is 0 Å². The van der Waals surface area contributed by atoms with Crippen LogP contribution in [0.4, 0.5) is 4.39 Å². The van der Waals surface area contributed by atoms with E-state index in [-0.39, 0.29) is 12.2 Å². The molecule has 0 aliphatic rings. The number of nitrogens with zero attached hydrogens (tertiary/aromatic N) is 1. The second-order valence-corrected chi connectivity index (χ2v) is 3.26. The van der Waals surface area contributed by atoms with Crippen molar-refractivity contribution in [3.63, 3.8) is 0 Å². The van der Waals surface area contributed by atoms with Crippen LogP contribution in [0.25, 0.3) is 0 Å². The predicted octanol–water partition coefficient (Wildman–Crippen LogP) is 2.82. The molecule has 1 aromatic rings. The highest BCUT2D eigenvalue weighted by Gasteiger charge is 2.09. The molecule has 13 heavy (non-hydrogen) atoms. The maximum absolute atomic E-state index is 13.4. The summed E-state index contributed by atoms with van der Waals surface area (Å²) in [6.45, 7) is 5.37. The molecule has 1 nitrogen and oxygen atoms in total. The Labute approximate surface area is 77.8 Å². The second-order valence-electron chi connectivity index (χ2n) is 3.26. The number of benzene rings is 1. The third kappa shape index (κ3) is 1.70. The number of nitriles is 1. The van der Waals surface area contributed by atoms with Gasteiger partial charge in [-0.2, -0.15) is 5.26 Å². The van der Waals surface area contributed by atoms with Crippen LogP contribution in [0.1, 0.15) is 22.3 Å². The Morgan fingerprint density at radius 1 is 1.31 bits per heavy atom. The normalized spacial score (nSPS) is 9.77. The van der Waals surface area contributed by atoms with E-state index in [9.17, 15) is 4.39 Å². The molecule has 0 unspecified atom stereocenters. The van der Waals surface area contributed by atoms with E-state index in [2.05, 4.69) is 0 Å². The van der Waals surface area contributed by atoms with Crippen LogP contribution in [-0.2, 0) is 6.42 Å². The number of aryl methyl sites for hydroxylation is 2. The zero-order chi connectivity index (χ0) is 10.0. The quantitative estimate of drug-likeness (QED) is 0.647. The first-order chi connectivity index (χ1) is 6.07. The van der Waals surface area contributed by atoms with Gasteiger partial charge >= 0.3 is 0 Å². The van der Waals surface area contributed by atoms with Gasteiger partial charge in [0.1, 0.15) is 5.82 Å². The zero-order valence-corrected chi connectivity index (χ0v) is 8.11. The smallest absolute Gasteiger partial charge is 0.129 e. The highest BCUT2D eigenvalue weighted by molar-refractivity contribution is 5.40. The molecule has 0 saturated carbocycles. The Morgan fingerprint density at radius 3 is 2.46 bits per heavy atom. The lowest BCUT2D eigenvalue weighted by molar-refractivity contribution is 0.606. The van der Waals surface area contributed by atoms with Crippen LogP contribution in [-0.4, -0.2) is 0 Å². The van der Waals surface area contributed by atoms with Gasteiger partial charge in [-0.3, -0.25) is 0 Å². The molecular weight excluding hydrogens is 165 g/mol. The van der Waals surface area contributed by atoms with Gasteiger partial charge in [0.2, 0.25) is 0 Å². The minimum absolute atomic E-state index is 0.184. The molecule has 0 aliphatic carbocycles. The van der Waals surface area contributed by atoms with Crippen LogP contribution in [0.5, 0.6) is 0 Å². The van der Waals surface area contributed by atoms with Crippen LogP contribution in [0.2, 0.25) is 0 Å². The molecule has 0 atom stereocenters. The number of rotatable bonds is 1. The molecule has 68 valence electrons. The Balaban J connectivity index is 3.36. The van der Waals surface area contributed by atoms with Crippen molar-refractivity contribution in [2.45, 2.75) is 27.2 Å². The molecule has 0 saturated heterocycles. The van der Waals surface area contributed by atoms with Gasteiger partial charge in [-0.15, -0.1) is 0 Å². The average Bonchev–Trinajstić information content (AvgIpc) is 2.09. The van der Waals surface area contributed by atoms with Crippen molar-refractivity contribution >= 4 is 0 Å². The first-order valence-electron chi connectivity index (χ1n) is 4.20. The van der Waals surface area contributed by atoms with E-state index in [1.165, 1.54) is 0 Å². The molecule has 0 heterocycles. The average molecular weight is 177 g/mol. The third-order valence-electron chi connectivity index (χ3n) is 2.29. The Morgan fingerprint density at radius 2 is 1.92 bits per heavy atom. The Hall–Kier alpha value is -1.36. The minimum Gasteiger partial charge on any atom is -0.206 e. The SMILES string of the molecule is Cc1cc(C)c(CC#N)c(C)c1F. The minimum atomic E-state index is -0.184. The highest BCUT2D eigenvalue weighted by atomic mass is 19.1. The van der Waals surface area contributed by atoms with Crippen LogP contribution in [0.3, 0.4) is 0 Å².